The summed E-state index contributed by atoms with van der Waals surface area (Å²) in [5, 5.41) is 0. The molecule has 0 spiro atoms. The van der Waals surface area contributed by atoms with Crippen LogP contribution in [0.1, 0.15) is 12.0 Å². The molecule has 0 saturated carbocycles. The minimum atomic E-state index is 0.572. The highest BCUT2D eigenvalue weighted by Crippen LogP contribution is 2.01. The molecule has 12 heavy (non-hydrogen) atoms. The van der Waals surface area contributed by atoms with Gasteiger partial charge in [-0.05, 0) is 24.5 Å². The van der Waals surface area contributed by atoms with Crippen molar-refractivity contribution >= 4 is 6.08 Å². The van der Waals surface area contributed by atoms with Gasteiger partial charge in [-0.2, -0.15) is 0 Å². The van der Waals surface area contributed by atoms with Gasteiger partial charge in [0.05, 0.1) is 6.54 Å². The molecule has 2 heteroatoms. The molecule has 0 atom stereocenters. The third-order valence-electron chi connectivity index (χ3n) is 1.59. The second-order valence-corrected chi connectivity index (χ2v) is 2.48. The van der Waals surface area contributed by atoms with Crippen LogP contribution in [0.25, 0.3) is 0 Å². The Balaban J connectivity index is 2.29. The summed E-state index contributed by atoms with van der Waals surface area (Å²) in [5.74, 6) is 0. The molecule has 0 unspecified atom stereocenters. The molecule has 0 bridgehead atoms. The quantitative estimate of drug-likeness (QED) is 0.375. The summed E-state index contributed by atoms with van der Waals surface area (Å²) in [6.07, 6.45) is 3.38. The van der Waals surface area contributed by atoms with Gasteiger partial charge in [-0.3, -0.25) is 0 Å². The van der Waals surface area contributed by atoms with Crippen molar-refractivity contribution in [1.29, 1.82) is 0 Å². The fourth-order valence-electron chi connectivity index (χ4n) is 0.996. The fraction of sp³-hybridized carbons (Fsp3) is 0.300. The van der Waals surface area contributed by atoms with Crippen molar-refractivity contribution in [2.75, 3.05) is 6.54 Å². The standard InChI is InChI=1S/C10H10NO/c12-9-11-8-4-7-10-5-2-1-3-6-10/h2-3,5-6H,4,7-8H2. The van der Waals surface area contributed by atoms with Gasteiger partial charge in [-0.15, -0.1) is 0 Å². The summed E-state index contributed by atoms with van der Waals surface area (Å²) in [6, 6.07) is 10.8. The lowest BCUT2D eigenvalue weighted by atomic mass is 10.1. The third-order valence-corrected chi connectivity index (χ3v) is 1.59. The van der Waals surface area contributed by atoms with Crippen molar-refractivity contribution in [3.05, 3.63) is 35.9 Å². The topological polar surface area (TPSA) is 29.4 Å². The lowest BCUT2D eigenvalue weighted by Crippen LogP contribution is -1.87. The van der Waals surface area contributed by atoms with E-state index in [1.54, 1.807) is 0 Å². The Morgan fingerprint density at radius 2 is 2.17 bits per heavy atom. The fourth-order valence-corrected chi connectivity index (χ4v) is 0.996. The molecular weight excluding hydrogens is 150 g/mol. The van der Waals surface area contributed by atoms with E-state index in [2.05, 4.69) is 11.1 Å². The van der Waals surface area contributed by atoms with Crippen LogP contribution in [0.3, 0.4) is 0 Å². The van der Waals surface area contributed by atoms with E-state index in [0.717, 1.165) is 12.8 Å². The molecule has 0 aliphatic heterocycles. The maximum Gasteiger partial charge on any atom is 0.234 e. The van der Waals surface area contributed by atoms with E-state index in [1.165, 1.54) is 11.6 Å². The maximum atomic E-state index is 9.72. The summed E-state index contributed by atoms with van der Waals surface area (Å²) in [7, 11) is 0. The lowest BCUT2D eigenvalue weighted by molar-refractivity contribution is 0.562. The first kappa shape index (κ1) is 8.69. The van der Waals surface area contributed by atoms with E-state index >= 15 is 0 Å². The first-order valence-electron chi connectivity index (χ1n) is 3.92. The van der Waals surface area contributed by atoms with E-state index < -0.39 is 0 Å². The zero-order valence-corrected chi connectivity index (χ0v) is 6.79. The number of nitrogens with zero attached hydrogens (tertiary/aromatic N) is 1. The molecule has 0 heterocycles. The minimum Gasteiger partial charge on any atom is -0.211 e. The van der Waals surface area contributed by atoms with Crippen LogP contribution in [0.4, 0.5) is 0 Å². The number of rotatable bonds is 4. The van der Waals surface area contributed by atoms with Crippen molar-refractivity contribution in [3.8, 4) is 0 Å². The maximum absolute atomic E-state index is 9.72. The Morgan fingerprint density at radius 1 is 1.42 bits per heavy atom. The van der Waals surface area contributed by atoms with E-state index in [0.29, 0.717) is 6.54 Å². The highest BCUT2D eigenvalue weighted by molar-refractivity contribution is 5.32. The molecule has 1 rings (SSSR count). The SMILES string of the molecule is O=C=NCCCc1cc[c]cc1. The largest absolute Gasteiger partial charge is 0.234 e. The molecule has 2 nitrogen and oxygen atoms in total. The Morgan fingerprint density at radius 3 is 2.83 bits per heavy atom. The van der Waals surface area contributed by atoms with Gasteiger partial charge in [-0.1, -0.05) is 24.3 Å². The molecule has 0 N–H and O–H groups in total. The van der Waals surface area contributed by atoms with Crippen molar-refractivity contribution in [2.45, 2.75) is 12.8 Å². The second-order valence-electron chi connectivity index (χ2n) is 2.48. The Bertz CT molecular complexity index is 262. The monoisotopic (exact) mass is 160 g/mol. The summed E-state index contributed by atoms with van der Waals surface area (Å²) in [6.45, 7) is 0.572. The molecule has 1 radical (unpaired) electrons. The molecular formula is C10H10NO. The number of aliphatic imine (C=N–C) groups is 1. The predicted molar refractivity (Wildman–Crippen MR) is 46.6 cm³/mol. The molecule has 0 saturated heterocycles. The van der Waals surface area contributed by atoms with Crippen molar-refractivity contribution in [3.63, 3.8) is 0 Å². The number of isocyanates is 1. The van der Waals surface area contributed by atoms with Crippen molar-refractivity contribution in [1.82, 2.24) is 0 Å². The molecule has 0 aromatic heterocycles. The Hall–Kier alpha value is -1.40. The van der Waals surface area contributed by atoms with Crippen molar-refractivity contribution in [2.24, 2.45) is 4.99 Å². The number of benzene rings is 1. The van der Waals surface area contributed by atoms with Crippen LogP contribution in [0.2, 0.25) is 0 Å². The average Bonchev–Trinajstić information content (AvgIpc) is 2.14. The summed E-state index contributed by atoms with van der Waals surface area (Å²) in [4.78, 5) is 13.2. The first-order valence-corrected chi connectivity index (χ1v) is 3.92. The van der Waals surface area contributed by atoms with E-state index in [4.69, 9.17) is 0 Å². The Kier molecular flexibility index (Phi) is 3.82. The number of aryl methyl sites for hydroxylation is 1. The zero-order valence-electron chi connectivity index (χ0n) is 6.79. The predicted octanol–water partition coefficient (Wildman–Crippen LogP) is 1.76. The van der Waals surface area contributed by atoms with Crippen LogP contribution in [0.5, 0.6) is 0 Å². The number of hydrogen-bond acceptors (Lipinski definition) is 2. The van der Waals surface area contributed by atoms with Gasteiger partial charge < -0.3 is 0 Å². The molecule has 1 aromatic rings. The van der Waals surface area contributed by atoms with Gasteiger partial charge in [0.15, 0.2) is 0 Å². The number of hydrogen-bond donors (Lipinski definition) is 0. The van der Waals surface area contributed by atoms with E-state index in [-0.39, 0.29) is 0 Å². The highest BCUT2D eigenvalue weighted by atomic mass is 16.1. The van der Waals surface area contributed by atoms with Gasteiger partial charge in [0, 0.05) is 0 Å². The summed E-state index contributed by atoms with van der Waals surface area (Å²) < 4.78 is 0. The molecule has 0 aliphatic rings. The van der Waals surface area contributed by atoms with Crippen LogP contribution in [-0.4, -0.2) is 12.6 Å². The molecule has 0 fully saturated rings. The molecule has 1 aromatic carbocycles. The van der Waals surface area contributed by atoms with Crippen molar-refractivity contribution < 1.29 is 4.79 Å². The molecule has 61 valence electrons. The smallest absolute Gasteiger partial charge is 0.211 e. The minimum absolute atomic E-state index is 0.572. The van der Waals surface area contributed by atoms with Crippen LogP contribution >= 0.6 is 0 Å². The first-order chi connectivity index (χ1) is 5.93. The number of carbonyl (C=O) groups excluding carboxylic acids is 1. The van der Waals surface area contributed by atoms with Gasteiger partial charge >= 0.3 is 0 Å². The lowest BCUT2D eigenvalue weighted by Gasteiger charge is -1.96. The average molecular weight is 160 g/mol. The summed E-state index contributed by atoms with van der Waals surface area (Å²) in [5.41, 5.74) is 1.26. The molecule has 0 aliphatic carbocycles. The van der Waals surface area contributed by atoms with Crippen LogP contribution < -0.4 is 0 Å². The van der Waals surface area contributed by atoms with Crippen LogP contribution in [0.15, 0.2) is 29.3 Å². The van der Waals surface area contributed by atoms with Gasteiger partial charge in [-0.25, -0.2) is 9.79 Å². The van der Waals surface area contributed by atoms with Gasteiger partial charge in [0.2, 0.25) is 6.08 Å². The normalized spacial score (nSPS) is 9.00. The summed E-state index contributed by atoms with van der Waals surface area (Å²) >= 11 is 0. The zero-order chi connectivity index (χ0) is 8.65. The third kappa shape index (κ3) is 3.13. The van der Waals surface area contributed by atoms with Gasteiger partial charge in [0.25, 0.3) is 0 Å². The van der Waals surface area contributed by atoms with Crippen LogP contribution in [0, 0.1) is 6.07 Å². The highest BCUT2D eigenvalue weighted by Gasteiger charge is 1.89. The van der Waals surface area contributed by atoms with Gasteiger partial charge in [0.1, 0.15) is 0 Å². The van der Waals surface area contributed by atoms with E-state index in [9.17, 15) is 4.79 Å². The molecule has 0 amide bonds. The van der Waals surface area contributed by atoms with Crippen LogP contribution in [-0.2, 0) is 11.2 Å². The second kappa shape index (κ2) is 5.28. The van der Waals surface area contributed by atoms with E-state index in [1.807, 2.05) is 24.3 Å². The Labute approximate surface area is 71.9 Å².